The van der Waals surface area contributed by atoms with Crippen molar-refractivity contribution < 1.29 is 18.0 Å². The van der Waals surface area contributed by atoms with Crippen LogP contribution in [0.1, 0.15) is 16.1 Å². The number of nitrogens with zero attached hydrogens (tertiary/aromatic N) is 2. The molecule has 0 aliphatic carbocycles. The second-order valence-electron chi connectivity index (χ2n) is 4.14. The molecule has 0 saturated heterocycles. The van der Waals surface area contributed by atoms with Crippen LogP contribution in [0.25, 0.3) is 0 Å². The van der Waals surface area contributed by atoms with Crippen molar-refractivity contribution in [3.8, 4) is 0 Å². The predicted octanol–water partition coefficient (Wildman–Crippen LogP) is 2.27. The van der Waals surface area contributed by atoms with Gasteiger partial charge in [0, 0.05) is 7.05 Å². The van der Waals surface area contributed by atoms with Gasteiger partial charge in [-0.25, -0.2) is 4.98 Å². The standard InChI is InChI=1S/C12H11F3N4O/c1-19-6-17-5-10(19)11(20)18-9-3-2-7(4-8(9)16)12(13,14)15/h2-6H,16H2,1H3,(H,18,20). The Labute approximate surface area is 112 Å². The van der Waals surface area contributed by atoms with Gasteiger partial charge in [-0.2, -0.15) is 13.2 Å². The molecule has 0 saturated carbocycles. The molecule has 1 aromatic carbocycles. The number of amides is 1. The van der Waals surface area contributed by atoms with E-state index in [1.165, 1.54) is 17.1 Å². The van der Waals surface area contributed by atoms with Crippen LogP contribution in [-0.2, 0) is 13.2 Å². The second-order valence-corrected chi connectivity index (χ2v) is 4.14. The minimum atomic E-state index is -4.47. The molecule has 0 atom stereocenters. The van der Waals surface area contributed by atoms with Crippen LogP contribution >= 0.6 is 0 Å². The van der Waals surface area contributed by atoms with E-state index in [4.69, 9.17) is 5.73 Å². The van der Waals surface area contributed by atoms with E-state index >= 15 is 0 Å². The highest BCUT2D eigenvalue weighted by molar-refractivity contribution is 6.04. The lowest BCUT2D eigenvalue weighted by atomic mass is 10.1. The third kappa shape index (κ3) is 2.73. The number of aromatic nitrogens is 2. The molecule has 0 aliphatic heterocycles. The molecule has 1 amide bonds. The minimum Gasteiger partial charge on any atom is -0.397 e. The van der Waals surface area contributed by atoms with Crippen LogP contribution < -0.4 is 11.1 Å². The number of hydrogen-bond donors (Lipinski definition) is 2. The Bertz CT molecular complexity index is 648. The lowest BCUT2D eigenvalue weighted by molar-refractivity contribution is -0.137. The maximum absolute atomic E-state index is 12.5. The maximum atomic E-state index is 12.5. The molecule has 5 nitrogen and oxygen atoms in total. The number of halogens is 3. The first-order chi connectivity index (χ1) is 9.29. The first-order valence-electron chi connectivity index (χ1n) is 5.53. The van der Waals surface area contributed by atoms with E-state index < -0.39 is 17.6 Å². The summed E-state index contributed by atoms with van der Waals surface area (Å²) in [5.74, 6) is -0.503. The lowest BCUT2D eigenvalue weighted by Gasteiger charge is -2.11. The zero-order valence-corrected chi connectivity index (χ0v) is 10.4. The van der Waals surface area contributed by atoms with Crippen LogP contribution in [0.3, 0.4) is 0 Å². The molecule has 1 heterocycles. The summed E-state index contributed by atoms with van der Waals surface area (Å²) in [7, 11) is 1.62. The molecule has 1 aromatic heterocycles. The summed E-state index contributed by atoms with van der Waals surface area (Å²) >= 11 is 0. The van der Waals surface area contributed by atoms with Gasteiger partial charge in [-0.05, 0) is 18.2 Å². The van der Waals surface area contributed by atoms with Gasteiger partial charge < -0.3 is 15.6 Å². The number of anilines is 2. The van der Waals surface area contributed by atoms with Crippen molar-refractivity contribution in [2.45, 2.75) is 6.18 Å². The Morgan fingerprint density at radius 2 is 2.10 bits per heavy atom. The zero-order chi connectivity index (χ0) is 14.9. The number of alkyl halides is 3. The summed E-state index contributed by atoms with van der Waals surface area (Å²) in [6, 6.07) is 2.75. The second kappa shape index (κ2) is 4.87. The van der Waals surface area contributed by atoms with Crippen LogP contribution in [0.2, 0.25) is 0 Å². The number of aryl methyl sites for hydroxylation is 1. The van der Waals surface area contributed by atoms with Gasteiger partial charge in [-0.1, -0.05) is 0 Å². The molecule has 20 heavy (non-hydrogen) atoms. The highest BCUT2D eigenvalue weighted by Gasteiger charge is 2.30. The van der Waals surface area contributed by atoms with Gasteiger partial charge in [0.15, 0.2) is 0 Å². The Hall–Kier alpha value is -2.51. The molecule has 3 N–H and O–H groups in total. The highest BCUT2D eigenvalue weighted by atomic mass is 19.4. The van der Waals surface area contributed by atoms with Gasteiger partial charge in [0.1, 0.15) is 5.69 Å². The number of carbonyl (C=O) groups excluding carboxylic acids is 1. The summed E-state index contributed by atoms with van der Waals surface area (Å²) in [4.78, 5) is 15.7. The average Bonchev–Trinajstić information content (AvgIpc) is 2.76. The van der Waals surface area contributed by atoms with E-state index in [0.717, 1.165) is 18.2 Å². The average molecular weight is 284 g/mol. The largest absolute Gasteiger partial charge is 0.416 e. The molecule has 2 rings (SSSR count). The zero-order valence-electron chi connectivity index (χ0n) is 10.4. The fourth-order valence-corrected chi connectivity index (χ4v) is 1.62. The number of nitrogen functional groups attached to an aromatic ring is 1. The molecule has 0 aliphatic rings. The van der Waals surface area contributed by atoms with E-state index in [-0.39, 0.29) is 17.1 Å². The fraction of sp³-hybridized carbons (Fsp3) is 0.167. The van der Waals surface area contributed by atoms with Gasteiger partial charge in [0.25, 0.3) is 5.91 Å². The van der Waals surface area contributed by atoms with Crippen LogP contribution in [0.5, 0.6) is 0 Å². The summed E-state index contributed by atoms with van der Waals surface area (Å²) in [6.45, 7) is 0. The monoisotopic (exact) mass is 284 g/mol. The van der Waals surface area contributed by atoms with E-state index in [9.17, 15) is 18.0 Å². The quantitative estimate of drug-likeness (QED) is 0.831. The van der Waals surface area contributed by atoms with Crippen molar-refractivity contribution in [1.82, 2.24) is 9.55 Å². The number of carbonyl (C=O) groups is 1. The Balaban J connectivity index is 2.23. The number of benzene rings is 1. The molecular formula is C12H11F3N4O. The number of hydrogen-bond acceptors (Lipinski definition) is 3. The van der Waals surface area contributed by atoms with Crippen LogP contribution in [0, 0.1) is 0 Å². The first kappa shape index (κ1) is 13.9. The summed E-state index contributed by atoms with van der Waals surface area (Å²) in [5, 5.41) is 2.44. The SMILES string of the molecule is Cn1cncc1C(=O)Nc1ccc(C(F)(F)F)cc1N. The number of nitrogens with two attached hydrogens (primary N) is 1. The fourth-order valence-electron chi connectivity index (χ4n) is 1.62. The van der Waals surface area contributed by atoms with Crippen molar-refractivity contribution in [3.05, 3.63) is 42.0 Å². The molecule has 106 valence electrons. The normalized spacial score (nSPS) is 11.4. The molecular weight excluding hydrogens is 273 g/mol. The van der Waals surface area contributed by atoms with Gasteiger partial charge in [0.2, 0.25) is 0 Å². The van der Waals surface area contributed by atoms with Crippen molar-refractivity contribution >= 4 is 17.3 Å². The lowest BCUT2D eigenvalue weighted by Crippen LogP contribution is -2.16. The Morgan fingerprint density at radius 3 is 2.60 bits per heavy atom. The summed E-state index contributed by atoms with van der Waals surface area (Å²) in [5.41, 5.74) is 4.88. The molecule has 0 unspecified atom stereocenters. The van der Waals surface area contributed by atoms with Gasteiger partial charge in [-0.15, -0.1) is 0 Å². The van der Waals surface area contributed by atoms with Crippen molar-refractivity contribution in [3.63, 3.8) is 0 Å². The van der Waals surface area contributed by atoms with Crippen molar-refractivity contribution in [1.29, 1.82) is 0 Å². The predicted molar refractivity (Wildman–Crippen MR) is 67.0 cm³/mol. The third-order valence-corrected chi connectivity index (χ3v) is 2.68. The topological polar surface area (TPSA) is 72.9 Å². The number of imidazole rings is 1. The van der Waals surface area contributed by atoms with Crippen LogP contribution in [0.4, 0.5) is 24.5 Å². The molecule has 0 radical (unpaired) electrons. The number of rotatable bonds is 2. The Morgan fingerprint density at radius 1 is 1.40 bits per heavy atom. The van der Waals surface area contributed by atoms with Gasteiger partial charge in [0.05, 0.1) is 29.5 Å². The minimum absolute atomic E-state index is 0.115. The molecule has 0 bridgehead atoms. The van der Waals surface area contributed by atoms with E-state index in [0.29, 0.717) is 0 Å². The smallest absolute Gasteiger partial charge is 0.397 e. The summed E-state index contributed by atoms with van der Waals surface area (Å²) < 4.78 is 38.9. The highest BCUT2D eigenvalue weighted by Crippen LogP contribution is 2.32. The van der Waals surface area contributed by atoms with Crippen LogP contribution in [-0.4, -0.2) is 15.5 Å². The Kier molecular flexibility index (Phi) is 3.39. The number of nitrogens with one attached hydrogen (secondary N) is 1. The molecule has 0 spiro atoms. The van der Waals surface area contributed by atoms with Crippen molar-refractivity contribution in [2.75, 3.05) is 11.1 Å². The van der Waals surface area contributed by atoms with E-state index in [2.05, 4.69) is 10.3 Å². The third-order valence-electron chi connectivity index (χ3n) is 2.68. The maximum Gasteiger partial charge on any atom is 0.416 e. The van der Waals surface area contributed by atoms with E-state index in [1.54, 1.807) is 7.05 Å². The van der Waals surface area contributed by atoms with E-state index in [1.807, 2.05) is 0 Å². The molecule has 0 fully saturated rings. The van der Waals surface area contributed by atoms with Gasteiger partial charge in [-0.3, -0.25) is 4.79 Å². The summed E-state index contributed by atoms with van der Waals surface area (Å²) in [6.07, 6.45) is -1.70. The molecule has 2 aromatic rings. The van der Waals surface area contributed by atoms with Crippen LogP contribution in [0.15, 0.2) is 30.7 Å². The first-order valence-corrected chi connectivity index (χ1v) is 5.53. The van der Waals surface area contributed by atoms with Crippen molar-refractivity contribution in [2.24, 2.45) is 7.05 Å². The van der Waals surface area contributed by atoms with Gasteiger partial charge >= 0.3 is 6.18 Å². The molecule has 8 heteroatoms.